The fourth-order valence-electron chi connectivity index (χ4n) is 2.47. The van der Waals surface area contributed by atoms with Gasteiger partial charge in [-0.05, 0) is 43.8 Å². The molecule has 1 atom stereocenters. The van der Waals surface area contributed by atoms with Crippen LogP contribution in [0.15, 0.2) is 34.1 Å². The summed E-state index contributed by atoms with van der Waals surface area (Å²) in [6.45, 7) is 6.38. The van der Waals surface area contributed by atoms with E-state index in [2.05, 4.69) is 10.2 Å². The van der Waals surface area contributed by atoms with Crippen LogP contribution < -0.4 is 9.47 Å². The molecular formula is C20H21ClN2O5S. The van der Waals surface area contributed by atoms with E-state index in [1.165, 1.54) is 17.4 Å². The highest BCUT2D eigenvalue weighted by Crippen LogP contribution is 2.37. The normalized spacial score (nSPS) is 11.9. The van der Waals surface area contributed by atoms with Gasteiger partial charge in [-0.1, -0.05) is 24.6 Å². The van der Waals surface area contributed by atoms with Crippen molar-refractivity contribution < 1.29 is 23.4 Å². The first-order valence-corrected chi connectivity index (χ1v) is 10.5. The zero-order chi connectivity index (χ0) is 20.8. The number of thiophene rings is 1. The van der Waals surface area contributed by atoms with Gasteiger partial charge in [0.2, 0.25) is 0 Å². The van der Waals surface area contributed by atoms with Crippen LogP contribution in [-0.2, 0) is 4.74 Å². The van der Waals surface area contributed by atoms with Gasteiger partial charge in [0.25, 0.3) is 11.8 Å². The van der Waals surface area contributed by atoms with Gasteiger partial charge in [-0.15, -0.1) is 21.5 Å². The van der Waals surface area contributed by atoms with Crippen molar-refractivity contribution in [3.63, 3.8) is 0 Å². The lowest BCUT2D eigenvalue weighted by Gasteiger charge is -2.15. The lowest BCUT2D eigenvalue weighted by molar-refractivity contribution is 0.0279. The first-order valence-electron chi connectivity index (χ1n) is 9.20. The Bertz CT molecular complexity index is 958. The van der Waals surface area contributed by atoms with Crippen LogP contribution in [0.4, 0.5) is 0 Å². The Labute approximate surface area is 177 Å². The molecule has 1 unspecified atom stereocenters. The van der Waals surface area contributed by atoms with Gasteiger partial charge in [0.05, 0.1) is 28.7 Å². The molecule has 0 radical (unpaired) electrons. The maximum absolute atomic E-state index is 12.6. The largest absolute Gasteiger partial charge is 0.490 e. The number of hydrogen-bond donors (Lipinski definition) is 0. The Hall–Kier alpha value is -2.58. The summed E-state index contributed by atoms with van der Waals surface area (Å²) in [4.78, 5) is 13.5. The second-order valence-corrected chi connectivity index (χ2v) is 7.39. The minimum atomic E-state index is -0.728. The number of carbonyl (C=O) groups is 1. The highest BCUT2D eigenvalue weighted by Gasteiger charge is 2.22. The van der Waals surface area contributed by atoms with Crippen LogP contribution in [0.3, 0.4) is 0 Å². The molecule has 0 bridgehead atoms. The minimum Gasteiger partial charge on any atom is -0.490 e. The number of ether oxygens (including phenoxy) is 3. The van der Waals surface area contributed by atoms with E-state index in [1.807, 2.05) is 31.4 Å². The van der Waals surface area contributed by atoms with Crippen LogP contribution in [0.25, 0.3) is 10.8 Å². The van der Waals surface area contributed by atoms with E-state index < -0.39 is 12.1 Å². The molecule has 9 heteroatoms. The quantitative estimate of drug-likeness (QED) is 0.406. The molecule has 29 heavy (non-hydrogen) atoms. The first-order chi connectivity index (χ1) is 14.0. The average molecular weight is 437 g/mol. The van der Waals surface area contributed by atoms with Gasteiger partial charge in [0, 0.05) is 0 Å². The monoisotopic (exact) mass is 436 g/mol. The number of halogens is 1. The topological polar surface area (TPSA) is 83.7 Å². The highest BCUT2D eigenvalue weighted by molar-refractivity contribution is 7.13. The molecule has 0 aliphatic heterocycles. The van der Waals surface area contributed by atoms with Crippen LogP contribution in [0.2, 0.25) is 5.02 Å². The minimum absolute atomic E-state index is 0.209. The number of aromatic nitrogens is 2. The zero-order valence-corrected chi connectivity index (χ0v) is 17.9. The maximum atomic E-state index is 12.6. The maximum Gasteiger partial charge on any atom is 0.339 e. The molecule has 0 aliphatic carbocycles. The van der Waals surface area contributed by atoms with Gasteiger partial charge >= 0.3 is 5.97 Å². The van der Waals surface area contributed by atoms with E-state index in [4.69, 9.17) is 30.2 Å². The fourth-order valence-corrected chi connectivity index (χ4v) is 3.38. The Kier molecular flexibility index (Phi) is 7.11. The molecule has 1 aromatic carbocycles. The van der Waals surface area contributed by atoms with Crippen molar-refractivity contribution in [3.8, 4) is 22.3 Å². The smallest absolute Gasteiger partial charge is 0.339 e. The first kappa shape index (κ1) is 21.1. The Balaban J connectivity index is 1.75. The molecule has 7 nitrogen and oxygen atoms in total. The van der Waals surface area contributed by atoms with Crippen molar-refractivity contribution >= 4 is 28.9 Å². The summed E-state index contributed by atoms with van der Waals surface area (Å²) in [6, 6.07) is 6.81. The van der Waals surface area contributed by atoms with E-state index >= 15 is 0 Å². The molecule has 0 saturated heterocycles. The van der Waals surface area contributed by atoms with E-state index in [0.717, 1.165) is 11.3 Å². The van der Waals surface area contributed by atoms with Crippen molar-refractivity contribution in [2.24, 2.45) is 0 Å². The van der Waals surface area contributed by atoms with Crippen LogP contribution in [0.1, 0.15) is 49.5 Å². The average Bonchev–Trinajstić information content (AvgIpc) is 3.39. The second-order valence-electron chi connectivity index (χ2n) is 6.04. The summed E-state index contributed by atoms with van der Waals surface area (Å²) in [7, 11) is 0. The van der Waals surface area contributed by atoms with Gasteiger partial charge < -0.3 is 18.6 Å². The number of benzene rings is 1. The summed E-state index contributed by atoms with van der Waals surface area (Å²) in [5.41, 5.74) is 0.243. The molecule has 154 valence electrons. The summed E-state index contributed by atoms with van der Waals surface area (Å²) in [5, 5.41) is 10.2. The van der Waals surface area contributed by atoms with E-state index in [0.29, 0.717) is 30.6 Å². The summed E-state index contributed by atoms with van der Waals surface area (Å²) in [6.07, 6.45) is 0.0925. The Morgan fingerprint density at radius 1 is 1.28 bits per heavy atom. The third kappa shape index (κ3) is 5.07. The van der Waals surface area contributed by atoms with Crippen molar-refractivity contribution in [3.05, 3.63) is 46.1 Å². The molecule has 3 rings (SSSR count). The third-order valence-corrected chi connectivity index (χ3v) is 4.94. The summed E-state index contributed by atoms with van der Waals surface area (Å²) in [5.74, 6) is 0.819. The lowest BCUT2D eigenvalue weighted by atomic mass is 10.2. The summed E-state index contributed by atoms with van der Waals surface area (Å²) >= 11 is 7.79. The number of rotatable bonds is 9. The van der Waals surface area contributed by atoms with Crippen LogP contribution in [-0.4, -0.2) is 29.4 Å². The van der Waals surface area contributed by atoms with E-state index in [1.54, 1.807) is 13.0 Å². The van der Waals surface area contributed by atoms with Gasteiger partial charge in [0.1, 0.15) is 0 Å². The second kappa shape index (κ2) is 9.76. The fraction of sp³-hybridized carbons (Fsp3) is 0.350. The van der Waals surface area contributed by atoms with E-state index in [-0.39, 0.29) is 16.5 Å². The highest BCUT2D eigenvalue weighted by atomic mass is 35.5. The lowest BCUT2D eigenvalue weighted by Crippen LogP contribution is -2.11. The molecular weight excluding hydrogens is 416 g/mol. The molecule has 0 spiro atoms. The zero-order valence-electron chi connectivity index (χ0n) is 16.3. The number of esters is 1. The van der Waals surface area contributed by atoms with Crippen molar-refractivity contribution in [2.75, 3.05) is 13.2 Å². The van der Waals surface area contributed by atoms with Crippen LogP contribution in [0.5, 0.6) is 11.5 Å². The predicted octanol–water partition coefficient (Wildman–Crippen LogP) is 5.56. The standard InChI is InChI=1S/C20H21ClN2O5S/c1-4-8-26-17-14(21)10-13(11-15(17)25-5-2)20(24)27-12(3)18-22-23-19(28-18)16-7-6-9-29-16/h6-7,9-12H,4-5,8H2,1-3H3. The molecule has 2 heterocycles. The van der Waals surface area contributed by atoms with Crippen LogP contribution >= 0.6 is 22.9 Å². The molecule has 2 aromatic heterocycles. The van der Waals surface area contributed by atoms with Gasteiger partial charge in [-0.25, -0.2) is 4.79 Å². The SMILES string of the molecule is CCCOc1c(Cl)cc(C(=O)OC(C)c2nnc(-c3cccs3)o2)cc1OCC. The molecule has 3 aromatic rings. The Morgan fingerprint density at radius 2 is 2.10 bits per heavy atom. The van der Waals surface area contributed by atoms with Gasteiger partial charge in [-0.2, -0.15) is 0 Å². The number of hydrogen-bond acceptors (Lipinski definition) is 8. The van der Waals surface area contributed by atoms with Gasteiger partial charge in [0.15, 0.2) is 17.6 Å². The molecule has 0 saturated carbocycles. The third-order valence-electron chi connectivity index (χ3n) is 3.80. The molecule has 0 amide bonds. The van der Waals surface area contributed by atoms with Crippen LogP contribution in [0, 0.1) is 0 Å². The Morgan fingerprint density at radius 3 is 2.79 bits per heavy atom. The van der Waals surface area contributed by atoms with E-state index in [9.17, 15) is 4.79 Å². The van der Waals surface area contributed by atoms with Crippen molar-refractivity contribution in [1.82, 2.24) is 10.2 Å². The van der Waals surface area contributed by atoms with Crippen molar-refractivity contribution in [1.29, 1.82) is 0 Å². The van der Waals surface area contributed by atoms with Gasteiger partial charge in [-0.3, -0.25) is 0 Å². The predicted molar refractivity (Wildman–Crippen MR) is 110 cm³/mol. The summed E-state index contributed by atoms with van der Waals surface area (Å²) < 4.78 is 22.3. The number of nitrogens with zero attached hydrogens (tertiary/aromatic N) is 2. The number of carbonyl (C=O) groups excluding carboxylic acids is 1. The molecule has 0 fully saturated rings. The van der Waals surface area contributed by atoms with Crippen molar-refractivity contribution in [2.45, 2.75) is 33.3 Å². The molecule has 0 aliphatic rings. The molecule has 0 N–H and O–H groups in total.